The highest BCUT2D eigenvalue weighted by molar-refractivity contribution is 6.01. The number of hydrogen-bond acceptors (Lipinski definition) is 7. The Morgan fingerprint density at radius 1 is 0.967 bits per heavy atom. The van der Waals surface area contributed by atoms with Crippen LogP contribution in [0, 0.1) is 5.92 Å². The van der Waals surface area contributed by atoms with Gasteiger partial charge in [-0.05, 0) is 36.4 Å². The van der Waals surface area contributed by atoms with Crippen LogP contribution >= 0.6 is 0 Å². The maximum absolute atomic E-state index is 12.5. The Morgan fingerprint density at radius 2 is 1.63 bits per heavy atom. The van der Waals surface area contributed by atoms with E-state index >= 15 is 0 Å². The molecule has 1 amide bonds. The fraction of sp³-hybridized carbons (Fsp3) is 0.318. The van der Waals surface area contributed by atoms with Crippen LogP contribution in [-0.4, -0.2) is 52.1 Å². The van der Waals surface area contributed by atoms with Crippen molar-refractivity contribution in [3.63, 3.8) is 0 Å². The average molecular weight is 413 g/mol. The van der Waals surface area contributed by atoms with Crippen LogP contribution in [0.2, 0.25) is 0 Å². The van der Waals surface area contributed by atoms with Crippen molar-refractivity contribution >= 4 is 23.3 Å². The van der Waals surface area contributed by atoms with Gasteiger partial charge in [-0.15, -0.1) is 0 Å². The molecule has 0 bridgehead atoms. The lowest BCUT2D eigenvalue weighted by Gasteiger charge is -2.20. The first-order valence-corrected chi connectivity index (χ1v) is 9.33. The number of anilines is 1. The number of methoxy groups -OCH3 is 3. The van der Waals surface area contributed by atoms with Crippen molar-refractivity contribution in [2.45, 2.75) is 6.42 Å². The van der Waals surface area contributed by atoms with Crippen molar-refractivity contribution in [3.8, 4) is 17.2 Å². The first-order chi connectivity index (χ1) is 14.5. The predicted octanol–water partition coefficient (Wildman–Crippen LogP) is 2.49. The summed E-state index contributed by atoms with van der Waals surface area (Å²) in [6.07, 6.45) is -0.00404. The number of ketones is 1. The highest BCUT2D eigenvalue weighted by Crippen LogP contribution is 2.36. The topological polar surface area (TPSA) is 91.4 Å². The number of carbonyl (C=O) groups is 3. The number of Topliss-reactive ketones (excluding diaryl/α,β-unsaturated/α-hetero) is 1. The molecule has 2 aromatic carbocycles. The molecule has 1 aliphatic heterocycles. The molecule has 0 saturated carbocycles. The van der Waals surface area contributed by atoms with E-state index in [1.165, 1.54) is 26.2 Å². The Balaban J connectivity index is 1.63. The molecule has 1 heterocycles. The molecule has 30 heavy (non-hydrogen) atoms. The molecule has 0 aliphatic carbocycles. The Labute approximate surface area is 174 Å². The quantitative estimate of drug-likeness (QED) is 0.485. The highest BCUT2D eigenvalue weighted by atomic mass is 16.5. The number of rotatable bonds is 8. The Hall–Kier alpha value is -3.55. The van der Waals surface area contributed by atoms with Crippen LogP contribution in [0.15, 0.2) is 42.5 Å². The number of amides is 1. The number of carbonyl (C=O) groups excluding carboxylic acids is 3. The van der Waals surface area contributed by atoms with Gasteiger partial charge in [0.05, 0.1) is 32.9 Å². The van der Waals surface area contributed by atoms with E-state index in [0.29, 0.717) is 28.5 Å². The molecule has 8 nitrogen and oxygen atoms in total. The van der Waals surface area contributed by atoms with Gasteiger partial charge < -0.3 is 23.8 Å². The zero-order chi connectivity index (χ0) is 21.7. The molecule has 0 aromatic heterocycles. The number of benzene rings is 2. The summed E-state index contributed by atoms with van der Waals surface area (Å²) in [6.45, 7) is -0.254. The number of esters is 1. The van der Waals surface area contributed by atoms with Gasteiger partial charge in [0, 0.05) is 24.6 Å². The standard InChI is InChI=1S/C22H23NO7/c1-27-16-6-4-14(5-7-16)19(24)13-30-22(26)15-10-21(25)23(12-15)18-11-17(28-2)8-9-20(18)29-3/h4-9,11,15H,10,12-13H2,1-3H3/t15-/m0/s1. The van der Waals surface area contributed by atoms with Crippen molar-refractivity contribution in [2.24, 2.45) is 5.92 Å². The molecule has 0 unspecified atom stereocenters. The van der Waals surface area contributed by atoms with E-state index in [0.717, 1.165) is 0 Å². The number of nitrogens with zero attached hydrogens (tertiary/aromatic N) is 1. The second-order valence-electron chi connectivity index (χ2n) is 6.70. The van der Waals surface area contributed by atoms with Crippen molar-refractivity contribution in [3.05, 3.63) is 48.0 Å². The van der Waals surface area contributed by atoms with Crippen molar-refractivity contribution in [2.75, 3.05) is 39.4 Å². The van der Waals surface area contributed by atoms with Crippen LogP contribution < -0.4 is 19.1 Å². The van der Waals surface area contributed by atoms with E-state index in [1.807, 2.05) is 0 Å². The molecule has 1 aliphatic rings. The van der Waals surface area contributed by atoms with Crippen LogP contribution in [0.4, 0.5) is 5.69 Å². The summed E-state index contributed by atoms with van der Waals surface area (Å²) >= 11 is 0. The Kier molecular flexibility index (Phi) is 6.56. The molecular weight excluding hydrogens is 390 g/mol. The molecule has 8 heteroatoms. The zero-order valence-corrected chi connectivity index (χ0v) is 17.0. The maximum Gasteiger partial charge on any atom is 0.311 e. The summed E-state index contributed by atoms with van der Waals surface area (Å²) in [5, 5.41) is 0. The molecule has 1 saturated heterocycles. The van der Waals surface area contributed by atoms with Crippen molar-refractivity contribution in [1.82, 2.24) is 0 Å². The average Bonchev–Trinajstić information content (AvgIpc) is 3.18. The normalized spacial score (nSPS) is 15.6. The molecule has 2 aromatic rings. The largest absolute Gasteiger partial charge is 0.497 e. The molecule has 0 spiro atoms. The second-order valence-corrected chi connectivity index (χ2v) is 6.70. The van der Waals surface area contributed by atoms with Crippen LogP contribution in [0.5, 0.6) is 17.2 Å². The smallest absolute Gasteiger partial charge is 0.311 e. The fourth-order valence-electron chi connectivity index (χ4n) is 3.22. The van der Waals surface area contributed by atoms with E-state index in [-0.39, 0.29) is 24.7 Å². The summed E-state index contributed by atoms with van der Waals surface area (Å²) in [5.41, 5.74) is 0.931. The first kappa shape index (κ1) is 21.2. The van der Waals surface area contributed by atoms with Gasteiger partial charge in [-0.1, -0.05) is 0 Å². The fourth-order valence-corrected chi connectivity index (χ4v) is 3.22. The van der Waals surface area contributed by atoms with Gasteiger partial charge in [0.1, 0.15) is 17.2 Å². The summed E-state index contributed by atoms with van der Waals surface area (Å²) in [6, 6.07) is 11.6. The highest BCUT2D eigenvalue weighted by Gasteiger charge is 2.37. The minimum atomic E-state index is -0.669. The molecule has 1 atom stereocenters. The third-order valence-electron chi connectivity index (χ3n) is 4.89. The summed E-state index contributed by atoms with van der Waals surface area (Å²) < 4.78 is 20.8. The maximum atomic E-state index is 12.5. The Bertz CT molecular complexity index is 939. The van der Waals surface area contributed by atoms with Crippen LogP contribution in [-0.2, 0) is 14.3 Å². The van der Waals surface area contributed by atoms with E-state index in [4.69, 9.17) is 18.9 Å². The first-order valence-electron chi connectivity index (χ1n) is 9.33. The second kappa shape index (κ2) is 9.30. The third-order valence-corrected chi connectivity index (χ3v) is 4.89. The van der Waals surface area contributed by atoms with E-state index < -0.39 is 18.5 Å². The lowest BCUT2D eigenvalue weighted by Crippen LogP contribution is -2.27. The lowest BCUT2D eigenvalue weighted by atomic mass is 10.1. The van der Waals surface area contributed by atoms with Crippen LogP contribution in [0.1, 0.15) is 16.8 Å². The SMILES string of the molecule is COc1ccc(C(=O)COC(=O)[C@H]2CC(=O)N(c3cc(OC)ccc3OC)C2)cc1. The molecule has 158 valence electrons. The lowest BCUT2D eigenvalue weighted by molar-refractivity contribution is -0.147. The Morgan fingerprint density at radius 3 is 2.27 bits per heavy atom. The van der Waals surface area contributed by atoms with Crippen molar-refractivity contribution < 1.29 is 33.3 Å². The molecule has 3 rings (SSSR count). The number of hydrogen-bond donors (Lipinski definition) is 0. The van der Waals surface area contributed by atoms with Gasteiger partial charge in [-0.2, -0.15) is 0 Å². The van der Waals surface area contributed by atoms with Gasteiger partial charge in [0.25, 0.3) is 0 Å². The molecule has 0 radical (unpaired) electrons. The monoisotopic (exact) mass is 413 g/mol. The van der Waals surface area contributed by atoms with Crippen molar-refractivity contribution in [1.29, 1.82) is 0 Å². The minimum Gasteiger partial charge on any atom is -0.497 e. The van der Waals surface area contributed by atoms with Gasteiger partial charge in [-0.25, -0.2) is 0 Å². The van der Waals surface area contributed by atoms with Gasteiger partial charge >= 0.3 is 5.97 Å². The molecule has 0 N–H and O–H groups in total. The minimum absolute atomic E-state index is 0.00404. The number of ether oxygens (including phenoxy) is 4. The molecular formula is C22H23NO7. The zero-order valence-electron chi connectivity index (χ0n) is 17.0. The van der Waals surface area contributed by atoms with E-state index in [1.54, 1.807) is 42.5 Å². The van der Waals surface area contributed by atoms with E-state index in [9.17, 15) is 14.4 Å². The third kappa shape index (κ3) is 4.53. The van der Waals surface area contributed by atoms with Crippen LogP contribution in [0.3, 0.4) is 0 Å². The summed E-state index contributed by atoms with van der Waals surface area (Å²) in [4.78, 5) is 38.7. The van der Waals surface area contributed by atoms with E-state index in [2.05, 4.69) is 0 Å². The van der Waals surface area contributed by atoms with Crippen LogP contribution in [0.25, 0.3) is 0 Å². The predicted molar refractivity (Wildman–Crippen MR) is 108 cm³/mol. The summed E-state index contributed by atoms with van der Waals surface area (Å²) in [5.74, 6) is -0.137. The van der Waals surface area contributed by atoms with Gasteiger partial charge in [-0.3, -0.25) is 14.4 Å². The van der Waals surface area contributed by atoms with Gasteiger partial charge in [0.15, 0.2) is 12.4 Å². The molecule has 1 fully saturated rings. The summed E-state index contributed by atoms with van der Waals surface area (Å²) in [7, 11) is 4.56. The van der Waals surface area contributed by atoms with Gasteiger partial charge in [0.2, 0.25) is 5.91 Å².